The summed E-state index contributed by atoms with van der Waals surface area (Å²) in [5.74, 6) is 1.53. The normalized spacial score (nSPS) is 12.8. The molecule has 6 heteroatoms. The second-order valence-electron chi connectivity index (χ2n) is 4.82. The van der Waals surface area contributed by atoms with Gasteiger partial charge in [0.2, 0.25) is 0 Å². The minimum atomic E-state index is 0.000409. The second-order valence-corrected chi connectivity index (χ2v) is 5.25. The minimum absolute atomic E-state index is 0.000409. The number of nitrogens with one attached hydrogen (secondary N) is 2. The number of rotatable bonds is 9. The van der Waals surface area contributed by atoms with Crippen LogP contribution in [-0.2, 0) is 4.74 Å². The van der Waals surface area contributed by atoms with Crippen molar-refractivity contribution < 1.29 is 9.47 Å². The number of ether oxygens (including phenoxy) is 2. The topological polar surface area (TPSA) is 54.9 Å². The number of guanidine groups is 1. The zero-order valence-electron chi connectivity index (χ0n) is 13.6. The maximum atomic E-state index is 5.94. The molecule has 22 heavy (non-hydrogen) atoms. The third kappa shape index (κ3) is 8.10. The van der Waals surface area contributed by atoms with Gasteiger partial charge in [0.15, 0.2) is 5.96 Å². The number of nitrogens with zero attached hydrogens (tertiary/aromatic N) is 1. The maximum absolute atomic E-state index is 5.94. The average molecular weight is 328 g/mol. The lowest BCUT2D eigenvalue weighted by Gasteiger charge is -2.18. The van der Waals surface area contributed by atoms with E-state index in [2.05, 4.69) is 15.6 Å². The summed E-state index contributed by atoms with van der Waals surface area (Å²) in [6.45, 7) is 6.98. The third-order valence-electron chi connectivity index (χ3n) is 2.88. The van der Waals surface area contributed by atoms with Crippen LogP contribution in [0.3, 0.4) is 0 Å². The van der Waals surface area contributed by atoms with Gasteiger partial charge in [-0.05, 0) is 38.5 Å². The van der Waals surface area contributed by atoms with E-state index in [1.807, 2.05) is 32.0 Å². The molecule has 0 saturated heterocycles. The number of hydrogen-bond acceptors (Lipinski definition) is 3. The fourth-order valence-corrected chi connectivity index (χ4v) is 1.98. The van der Waals surface area contributed by atoms with Crippen LogP contribution in [0.25, 0.3) is 0 Å². The molecule has 0 aliphatic rings. The van der Waals surface area contributed by atoms with Gasteiger partial charge < -0.3 is 20.1 Å². The molecule has 0 fully saturated rings. The lowest BCUT2D eigenvalue weighted by Crippen LogP contribution is -2.42. The molecule has 0 spiro atoms. The van der Waals surface area contributed by atoms with Gasteiger partial charge in [-0.15, -0.1) is 0 Å². The van der Waals surface area contributed by atoms with Gasteiger partial charge in [0, 0.05) is 31.8 Å². The Morgan fingerprint density at radius 2 is 2.18 bits per heavy atom. The summed E-state index contributed by atoms with van der Waals surface area (Å²) in [7, 11) is 1.75. The van der Waals surface area contributed by atoms with Crippen LogP contribution in [0, 0.1) is 0 Å². The zero-order chi connectivity index (χ0) is 16.2. The van der Waals surface area contributed by atoms with Crippen LogP contribution in [-0.4, -0.2) is 45.4 Å². The van der Waals surface area contributed by atoms with Crippen LogP contribution < -0.4 is 15.4 Å². The van der Waals surface area contributed by atoms with Crippen molar-refractivity contribution in [2.75, 3.05) is 33.4 Å². The summed E-state index contributed by atoms with van der Waals surface area (Å²) in [4.78, 5) is 4.18. The first-order valence-corrected chi connectivity index (χ1v) is 7.98. The van der Waals surface area contributed by atoms with Crippen LogP contribution in [0.4, 0.5) is 0 Å². The molecule has 124 valence electrons. The van der Waals surface area contributed by atoms with Crippen molar-refractivity contribution in [1.29, 1.82) is 0 Å². The molecule has 0 amide bonds. The average Bonchev–Trinajstić information content (AvgIpc) is 2.50. The fourth-order valence-electron chi connectivity index (χ4n) is 1.80. The van der Waals surface area contributed by atoms with Gasteiger partial charge in [-0.1, -0.05) is 17.7 Å². The molecule has 1 atom stereocenters. The molecule has 2 N–H and O–H groups in total. The molecule has 0 aliphatic carbocycles. The zero-order valence-corrected chi connectivity index (χ0v) is 14.3. The Labute approximate surface area is 138 Å². The third-order valence-corrected chi connectivity index (χ3v) is 3.11. The van der Waals surface area contributed by atoms with Crippen molar-refractivity contribution in [3.8, 4) is 5.75 Å². The smallest absolute Gasteiger partial charge is 0.191 e. The molecule has 1 aromatic rings. The molecule has 1 rings (SSSR count). The van der Waals surface area contributed by atoms with Gasteiger partial charge in [-0.3, -0.25) is 4.99 Å². The minimum Gasteiger partial charge on any atom is -0.489 e. The van der Waals surface area contributed by atoms with Gasteiger partial charge in [0.25, 0.3) is 0 Å². The monoisotopic (exact) mass is 327 g/mol. The van der Waals surface area contributed by atoms with Gasteiger partial charge in [-0.25, -0.2) is 0 Å². The van der Waals surface area contributed by atoms with Crippen molar-refractivity contribution in [2.24, 2.45) is 4.99 Å². The molecular weight excluding hydrogens is 302 g/mol. The first-order chi connectivity index (χ1) is 10.7. The summed E-state index contributed by atoms with van der Waals surface area (Å²) in [5, 5.41) is 7.14. The van der Waals surface area contributed by atoms with Gasteiger partial charge in [0.05, 0.1) is 6.54 Å². The summed E-state index contributed by atoms with van der Waals surface area (Å²) >= 11 is 5.94. The Kier molecular flexibility index (Phi) is 9.42. The predicted octanol–water partition coefficient (Wildman–Crippen LogP) is 2.70. The molecule has 0 saturated carbocycles. The fraction of sp³-hybridized carbons (Fsp3) is 0.562. The van der Waals surface area contributed by atoms with Crippen LogP contribution in [0.2, 0.25) is 5.02 Å². The second kappa shape index (κ2) is 11.2. The highest BCUT2D eigenvalue weighted by Crippen LogP contribution is 2.18. The summed E-state index contributed by atoms with van der Waals surface area (Å²) in [6.07, 6.45) is 0.948. The molecule has 0 aromatic heterocycles. The number of hydrogen-bond donors (Lipinski definition) is 2. The number of halogens is 1. The summed E-state index contributed by atoms with van der Waals surface area (Å²) in [5.41, 5.74) is 0. The van der Waals surface area contributed by atoms with E-state index < -0.39 is 0 Å². The number of aliphatic imine (C=N–C) groups is 1. The van der Waals surface area contributed by atoms with E-state index in [0.717, 1.165) is 37.9 Å². The molecule has 1 aromatic carbocycles. The molecular formula is C16H26ClN3O2. The molecule has 0 aliphatic heterocycles. The van der Waals surface area contributed by atoms with Crippen LogP contribution >= 0.6 is 11.6 Å². The SMILES string of the molecule is CCOCCCNC(=NC)NCC(C)Oc1cccc(Cl)c1. The molecule has 1 unspecified atom stereocenters. The Morgan fingerprint density at radius 1 is 1.36 bits per heavy atom. The molecule has 0 heterocycles. The van der Waals surface area contributed by atoms with Crippen molar-refractivity contribution in [1.82, 2.24) is 10.6 Å². The number of benzene rings is 1. The standard InChI is InChI=1S/C16H26ClN3O2/c1-4-21-10-6-9-19-16(18-3)20-12-13(2)22-15-8-5-7-14(17)11-15/h5,7-8,11,13H,4,6,9-10,12H2,1-3H3,(H2,18,19,20). The Hall–Kier alpha value is -1.46. The first-order valence-electron chi connectivity index (χ1n) is 7.60. The summed E-state index contributed by atoms with van der Waals surface area (Å²) in [6, 6.07) is 7.39. The van der Waals surface area contributed by atoms with Gasteiger partial charge in [-0.2, -0.15) is 0 Å². The Balaban J connectivity index is 2.24. The summed E-state index contributed by atoms with van der Waals surface area (Å²) < 4.78 is 11.1. The van der Waals surface area contributed by atoms with Crippen molar-refractivity contribution in [3.05, 3.63) is 29.3 Å². The van der Waals surface area contributed by atoms with Gasteiger partial charge >= 0.3 is 0 Å². The van der Waals surface area contributed by atoms with Crippen LogP contribution in [0.1, 0.15) is 20.3 Å². The van der Waals surface area contributed by atoms with E-state index in [1.165, 1.54) is 0 Å². The maximum Gasteiger partial charge on any atom is 0.191 e. The van der Waals surface area contributed by atoms with E-state index in [4.69, 9.17) is 21.1 Å². The largest absolute Gasteiger partial charge is 0.489 e. The molecule has 0 radical (unpaired) electrons. The quantitative estimate of drug-likeness (QED) is 0.416. The van der Waals surface area contributed by atoms with Crippen molar-refractivity contribution in [3.63, 3.8) is 0 Å². The van der Waals surface area contributed by atoms with Gasteiger partial charge in [0.1, 0.15) is 11.9 Å². The van der Waals surface area contributed by atoms with Crippen molar-refractivity contribution in [2.45, 2.75) is 26.4 Å². The first kappa shape index (κ1) is 18.6. The highest BCUT2D eigenvalue weighted by atomic mass is 35.5. The molecule has 0 bridgehead atoms. The predicted molar refractivity (Wildman–Crippen MR) is 92.0 cm³/mol. The lowest BCUT2D eigenvalue weighted by atomic mass is 10.3. The highest BCUT2D eigenvalue weighted by molar-refractivity contribution is 6.30. The Morgan fingerprint density at radius 3 is 2.86 bits per heavy atom. The van der Waals surface area contributed by atoms with E-state index in [0.29, 0.717) is 11.6 Å². The Bertz CT molecular complexity index is 455. The van der Waals surface area contributed by atoms with Crippen LogP contribution in [0.15, 0.2) is 29.3 Å². The van der Waals surface area contributed by atoms with E-state index in [1.54, 1.807) is 13.1 Å². The van der Waals surface area contributed by atoms with E-state index in [9.17, 15) is 0 Å². The highest BCUT2D eigenvalue weighted by Gasteiger charge is 2.06. The molecule has 5 nitrogen and oxygen atoms in total. The van der Waals surface area contributed by atoms with E-state index in [-0.39, 0.29) is 6.10 Å². The van der Waals surface area contributed by atoms with E-state index >= 15 is 0 Å². The van der Waals surface area contributed by atoms with Crippen LogP contribution in [0.5, 0.6) is 5.75 Å². The van der Waals surface area contributed by atoms with Crippen molar-refractivity contribution >= 4 is 17.6 Å². The lowest BCUT2D eigenvalue weighted by molar-refractivity contribution is 0.145.